The number of imidazole rings is 1. The maximum Gasteiger partial charge on any atom is 0.246 e. The number of ether oxygens (including phenoxy) is 1. The van der Waals surface area contributed by atoms with Crippen molar-refractivity contribution in [2.24, 2.45) is 0 Å². The van der Waals surface area contributed by atoms with Crippen LogP contribution in [0.5, 0.6) is 5.88 Å². The Kier molecular flexibility index (Phi) is 6.11. The van der Waals surface area contributed by atoms with Crippen LogP contribution in [0.2, 0.25) is 0 Å². The number of sulfonamides is 1. The van der Waals surface area contributed by atoms with Gasteiger partial charge in [-0.2, -0.15) is 0 Å². The molecule has 8 nitrogen and oxygen atoms in total. The molecule has 0 aliphatic rings. The summed E-state index contributed by atoms with van der Waals surface area (Å²) in [5, 5.41) is 0. The van der Waals surface area contributed by atoms with Gasteiger partial charge in [-0.1, -0.05) is 36.4 Å². The fraction of sp³-hybridized carbons (Fsp3) is 0.308. The largest absolute Gasteiger partial charge is 0.480 e. The molecular weight excluding hydrogens is 462 g/mol. The van der Waals surface area contributed by atoms with E-state index < -0.39 is 21.1 Å². The minimum absolute atomic E-state index is 0.0230. The van der Waals surface area contributed by atoms with Gasteiger partial charge in [0.1, 0.15) is 4.90 Å². The Bertz CT molecular complexity index is 1490. The van der Waals surface area contributed by atoms with Crippen LogP contribution in [0.3, 0.4) is 0 Å². The molecule has 0 spiro atoms. The summed E-state index contributed by atoms with van der Waals surface area (Å²) < 4.78 is 36.1. The van der Waals surface area contributed by atoms with Crippen LogP contribution in [0, 0.1) is 0 Å². The average molecular weight is 494 g/mol. The molecule has 0 saturated heterocycles. The fourth-order valence-electron chi connectivity index (χ4n) is 4.23. The highest BCUT2D eigenvalue weighted by atomic mass is 32.2. The summed E-state index contributed by atoms with van der Waals surface area (Å²) in [5.41, 5.74) is 9.33. The molecule has 184 valence electrons. The molecule has 0 atom stereocenters. The van der Waals surface area contributed by atoms with Gasteiger partial charge in [0, 0.05) is 17.3 Å². The van der Waals surface area contributed by atoms with E-state index >= 15 is 0 Å². The van der Waals surface area contributed by atoms with Gasteiger partial charge in [-0.25, -0.2) is 23.1 Å². The summed E-state index contributed by atoms with van der Waals surface area (Å²) in [5.74, 6) is 0.433. The van der Waals surface area contributed by atoms with Gasteiger partial charge in [0.15, 0.2) is 0 Å². The molecule has 0 fully saturated rings. The number of fused-ring (bicyclic) bond motifs is 1. The Morgan fingerprint density at radius 3 is 2.29 bits per heavy atom. The molecule has 2 heterocycles. The molecule has 4 rings (SSSR count). The number of nitrogens with zero attached hydrogens (tertiary/aromatic N) is 3. The lowest BCUT2D eigenvalue weighted by atomic mass is 9.93. The van der Waals surface area contributed by atoms with Gasteiger partial charge in [0.05, 0.1) is 23.7 Å². The van der Waals surface area contributed by atoms with E-state index in [1.165, 1.54) is 7.11 Å². The molecule has 2 aromatic carbocycles. The third-order valence-electron chi connectivity index (χ3n) is 5.79. The zero-order chi connectivity index (χ0) is 25.6. The van der Waals surface area contributed by atoms with E-state index in [4.69, 9.17) is 10.5 Å². The quantitative estimate of drug-likeness (QED) is 0.408. The van der Waals surface area contributed by atoms with E-state index in [0.29, 0.717) is 11.5 Å². The third-order valence-corrected chi connectivity index (χ3v) is 7.55. The first-order valence-electron chi connectivity index (χ1n) is 11.3. The van der Waals surface area contributed by atoms with Crippen molar-refractivity contribution >= 4 is 27.0 Å². The molecule has 4 aromatic rings. The van der Waals surface area contributed by atoms with Crippen molar-refractivity contribution in [1.29, 1.82) is 0 Å². The second-order valence-electron chi connectivity index (χ2n) is 10.0. The lowest BCUT2D eigenvalue weighted by Gasteiger charge is -2.29. The molecule has 0 aliphatic heterocycles. The van der Waals surface area contributed by atoms with Crippen LogP contribution >= 0.6 is 0 Å². The minimum Gasteiger partial charge on any atom is -0.480 e. The Morgan fingerprint density at radius 2 is 1.66 bits per heavy atom. The summed E-state index contributed by atoms with van der Waals surface area (Å²) in [6.07, 6.45) is 1.60. The summed E-state index contributed by atoms with van der Waals surface area (Å²) in [4.78, 5) is 8.83. The number of rotatable bonds is 6. The number of methoxy groups -OCH3 is 1. The van der Waals surface area contributed by atoms with E-state index in [-0.39, 0.29) is 10.8 Å². The first-order valence-corrected chi connectivity index (χ1v) is 12.7. The number of hydrogen-bond donors (Lipinski definition) is 2. The molecule has 0 amide bonds. The molecule has 9 heteroatoms. The van der Waals surface area contributed by atoms with Gasteiger partial charge in [-0.3, -0.25) is 0 Å². The Labute approximate surface area is 206 Å². The number of nitrogens with one attached hydrogen (secondary N) is 1. The number of nitrogens with two attached hydrogens (primary N) is 1. The van der Waals surface area contributed by atoms with Crippen LogP contribution in [-0.4, -0.2) is 35.6 Å². The predicted octanol–water partition coefficient (Wildman–Crippen LogP) is 4.55. The van der Waals surface area contributed by atoms with E-state index in [1.807, 2.05) is 41.0 Å². The van der Waals surface area contributed by atoms with Crippen molar-refractivity contribution in [1.82, 2.24) is 19.3 Å². The Morgan fingerprint density at radius 1 is 0.971 bits per heavy atom. The van der Waals surface area contributed by atoms with Gasteiger partial charge >= 0.3 is 0 Å². The van der Waals surface area contributed by atoms with Crippen LogP contribution in [0.4, 0.5) is 5.95 Å². The number of benzene rings is 2. The van der Waals surface area contributed by atoms with E-state index in [0.717, 1.165) is 22.2 Å². The second-order valence-corrected chi connectivity index (χ2v) is 11.7. The van der Waals surface area contributed by atoms with Crippen molar-refractivity contribution in [3.63, 3.8) is 0 Å². The first kappa shape index (κ1) is 24.7. The van der Waals surface area contributed by atoms with Crippen LogP contribution < -0.4 is 15.2 Å². The van der Waals surface area contributed by atoms with Crippen molar-refractivity contribution in [3.8, 4) is 17.0 Å². The fourth-order valence-corrected chi connectivity index (χ4v) is 5.79. The molecule has 0 aliphatic carbocycles. The molecule has 0 saturated carbocycles. The lowest BCUT2D eigenvalue weighted by molar-refractivity contribution is 0.384. The van der Waals surface area contributed by atoms with Gasteiger partial charge in [0.25, 0.3) is 0 Å². The van der Waals surface area contributed by atoms with Gasteiger partial charge in [-0.15, -0.1) is 0 Å². The zero-order valence-corrected chi connectivity index (χ0v) is 21.6. The molecule has 0 radical (unpaired) electrons. The molecule has 0 unspecified atom stereocenters. The normalized spacial score (nSPS) is 12.7. The van der Waals surface area contributed by atoms with Gasteiger partial charge in [-0.05, 0) is 63.9 Å². The van der Waals surface area contributed by atoms with Crippen LogP contribution in [-0.2, 0) is 15.6 Å². The summed E-state index contributed by atoms with van der Waals surface area (Å²) in [6, 6.07) is 17.4. The summed E-state index contributed by atoms with van der Waals surface area (Å²) in [6.45, 7) is 9.52. The maximum atomic E-state index is 13.1. The summed E-state index contributed by atoms with van der Waals surface area (Å²) in [7, 11) is -2.47. The minimum atomic E-state index is -3.87. The zero-order valence-electron chi connectivity index (χ0n) is 20.8. The van der Waals surface area contributed by atoms with Gasteiger partial charge < -0.3 is 15.0 Å². The number of aromatic nitrogens is 3. The third kappa shape index (κ3) is 4.74. The molecular formula is C26H31N5O3S. The highest BCUT2D eigenvalue weighted by Crippen LogP contribution is 2.35. The van der Waals surface area contributed by atoms with E-state index in [1.54, 1.807) is 33.0 Å². The standard InChI is InChI=1S/C26H31N5O3S/c1-25(2,3)30-35(32,33)22-15-18(16-28-23(22)34-6)17-12-13-20-21(14-17)31(24(27)29-20)26(4,5)19-10-8-7-9-11-19/h7-16,30H,1-6H3,(H2,27,29). The number of hydrogen-bond acceptors (Lipinski definition) is 6. The number of pyridine rings is 1. The van der Waals surface area contributed by atoms with E-state index in [2.05, 4.69) is 40.7 Å². The van der Waals surface area contributed by atoms with Gasteiger partial charge in [0.2, 0.25) is 21.9 Å². The molecule has 0 bridgehead atoms. The second kappa shape index (κ2) is 8.66. The first-order chi connectivity index (χ1) is 16.3. The number of nitrogen functional groups attached to an aromatic ring is 1. The maximum absolute atomic E-state index is 13.1. The average Bonchev–Trinajstić information content (AvgIpc) is 3.13. The van der Waals surface area contributed by atoms with Crippen molar-refractivity contribution in [2.75, 3.05) is 12.8 Å². The topological polar surface area (TPSA) is 112 Å². The summed E-state index contributed by atoms with van der Waals surface area (Å²) >= 11 is 0. The molecule has 2 aromatic heterocycles. The molecule has 3 N–H and O–H groups in total. The predicted molar refractivity (Wildman–Crippen MR) is 139 cm³/mol. The Hall–Kier alpha value is -3.43. The van der Waals surface area contributed by atoms with Crippen molar-refractivity contribution < 1.29 is 13.2 Å². The lowest BCUT2D eigenvalue weighted by Crippen LogP contribution is -2.40. The van der Waals surface area contributed by atoms with E-state index in [9.17, 15) is 8.42 Å². The van der Waals surface area contributed by atoms with Crippen molar-refractivity contribution in [2.45, 2.75) is 50.6 Å². The van der Waals surface area contributed by atoms with Crippen molar-refractivity contribution in [3.05, 3.63) is 66.4 Å². The SMILES string of the molecule is COc1ncc(-c2ccc3nc(N)n(C(C)(C)c4ccccc4)c3c2)cc1S(=O)(=O)NC(C)(C)C. The smallest absolute Gasteiger partial charge is 0.246 e. The number of anilines is 1. The monoisotopic (exact) mass is 493 g/mol. The van der Waals surface area contributed by atoms with Crippen LogP contribution in [0.1, 0.15) is 40.2 Å². The highest BCUT2D eigenvalue weighted by Gasteiger charge is 2.29. The van der Waals surface area contributed by atoms with Crippen LogP contribution in [0.15, 0.2) is 65.7 Å². The molecule has 35 heavy (non-hydrogen) atoms. The highest BCUT2D eigenvalue weighted by molar-refractivity contribution is 7.89. The van der Waals surface area contributed by atoms with Crippen LogP contribution in [0.25, 0.3) is 22.2 Å². The Balaban J connectivity index is 1.87.